The first-order valence-corrected chi connectivity index (χ1v) is 5.60. The molecule has 0 amide bonds. The van der Waals surface area contributed by atoms with E-state index in [9.17, 15) is 4.79 Å². The predicted octanol–water partition coefficient (Wildman–Crippen LogP) is 1.58. The Balaban J connectivity index is 2.06. The number of esters is 1. The van der Waals surface area contributed by atoms with E-state index in [1.165, 1.54) is 19.3 Å². The van der Waals surface area contributed by atoms with Gasteiger partial charge in [0.15, 0.2) is 0 Å². The fourth-order valence-electron chi connectivity index (χ4n) is 2.10. The molecule has 1 N–H and O–H groups in total. The van der Waals surface area contributed by atoms with E-state index < -0.39 is 0 Å². The minimum absolute atomic E-state index is 0.141. The van der Waals surface area contributed by atoms with Crippen molar-refractivity contribution in [1.82, 2.24) is 5.32 Å². The molecule has 0 aliphatic heterocycles. The Morgan fingerprint density at radius 3 is 2.86 bits per heavy atom. The van der Waals surface area contributed by atoms with E-state index in [1.807, 2.05) is 6.92 Å². The largest absolute Gasteiger partial charge is 0.465 e. The lowest BCUT2D eigenvalue weighted by atomic mass is 9.98. The molecule has 1 rings (SSSR count). The van der Waals surface area contributed by atoms with Gasteiger partial charge in [-0.15, -0.1) is 0 Å². The molecular formula is C11H21NO2. The molecule has 0 radical (unpaired) electrons. The van der Waals surface area contributed by atoms with Crippen molar-refractivity contribution >= 4 is 5.97 Å². The molecule has 0 aromatic rings. The molecule has 14 heavy (non-hydrogen) atoms. The number of nitrogens with one attached hydrogen (secondary N) is 1. The zero-order valence-electron chi connectivity index (χ0n) is 9.21. The molecule has 2 unspecified atom stereocenters. The van der Waals surface area contributed by atoms with Crippen LogP contribution >= 0.6 is 0 Å². The highest BCUT2D eigenvalue weighted by Gasteiger charge is 2.22. The number of hydrogen-bond acceptors (Lipinski definition) is 3. The smallest absolute Gasteiger partial charge is 0.319 e. The van der Waals surface area contributed by atoms with Gasteiger partial charge >= 0.3 is 5.97 Å². The quantitative estimate of drug-likeness (QED) is 0.683. The van der Waals surface area contributed by atoms with Gasteiger partial charge in [0.2, 0.25) is 0 Å². The predicted molar refractivity (Wildman–Crippen MR) is 56.0 cm³/mol. The number of carbonyl (C=O) groups excluding carboxylic acids is 1. The summed E-state index contributed by atoms with van der Waals surface area (Å²) in [7, 11) is 0. The highest BCUT2D eigenvalue weighted by molar-refractivity contribution is 5.71. The topological polar surface area (TPSA) is 38.3 Å². The Labute approximate surface area is 86.2 Å². The number of hydrogen-bond donors (Lipinski definition) is 1. The first-order valence-electron chi connectivity index (χ1n) is 5.60. The number of rotatable bonds is 5. The Bertz CT molecular complexity index is 182. The van der Waals surface area contributed by atoms with Gasteiger partial charge in [-0.3, -0.25) is 4.79 Å². The molecule has 0 spiro atoms. The average molecular weight is 199 g/mol. The third-order valence-electron chi connectivity index (χ3n) is 3.02. The van der Waals surface area contributed by atoms with Gasteiger partial charge in [-0.2, -0.15) is 0 Å². The lowest BCUT2D eigenvalue weighted by molar-refractivity contribution is -0.142. The van der Waals surface area contributed by atoms with Crippen LogP contribution in [0.3, 0.4) is 0 Å². The van der Waals surface area contributed by atoms with Gasteiger partial charge in [-0.1, -0.05) is 19.8 Å². The van der Waals surface area contributed by atoms with Crippen LogP contribution < -0.4 is 5.32 Å². The Morgan fingerprint density at radius 2 is 2.29 bits per heavy atom. The molecular weight excluding hydrogens is 178 g/mol. The molecule has 0 saturated heterocycles. The van der Waals surface area contributed by atoms with Gasteiger partial charge in [0, 0.05) is 0 Å². The van der Waals surface area contributed by atoms with E-state index in [2.05, 4.69) is 12.2 Å². The first-order chi connectivity index (χ1) is 6.74. The standard InChI is InChI=1S/C11H21NO2/c1-3-14-11(13)8-12-7-10-6-4-5-9(10)2/h9-10,12H,3-8H2,1-2H3. The summed E-state index contributed by atoms with van der Waals surface area (Å²) in [6, 6.07) is 0. The summed E-state index contributed by atoms with van der Waals surface area (Å²) in [5, 5.41) is 3.17. The van der Waals surface area contributed by atoms with Crippen LogP contribution in [0.5, 0.6) is 0 Å². The van der Waals surface area contributed by atoms with Gasteiger partial charge < -0.3 is 10.1 Å². The maximum Gasteiger partial charge on any atom is 0.319 e. The molecule has 3 nitrogen and oxygen atoms in total. The van der Waals surface area contributed by atoms with E-state index in [1.54, 1.807) is 0 Å². The van der Waals surface area contributed by atoms with Crippen molar-refractivity contribution in [3.05, 3.63) is 0 Å². The van der Waals surface area contributed by atoms with E-state index in [0.717, 1.165) is 18.4 Å². The van der Waals surface area contributed by atoms with Crippen LogP contribution in [0.4, 0.5) is 0 Å². The van der Waals surface area contributed by atoms with Crippen LogP contribution in [0, 0.1) is 11.8 Å². The summed E-state index contributed by atoms with van der Waals surface area (Å²) < 4.78 is 4.83. The monoisotopic (exact) mass is 199 g/mol. The first kappa shape index (κ1) is 11.5. The number of ether oxygens (including phenoxy) is 1. The maximum absolute atomic E-state index is 11.0. The SMILES string of the molecule is CCOC(=O)CNCC1CCCC1C. The van der Waals surface area contributed by atoms with Crippen molar-refractivity contribution in [1.29, 1.82) is 0 Å². The van der Waals surface area contributed by atoms with Crippen molar-refractivity contribution in [2.45, 2.75) is 33.1 Å². The molecule has 2 atom stereocenters. The van der Waals surface area contributed by atoms with Crippen LogP contribution in [-0.4, -0.2) is 25.7 Å². The fraction of sp³-hybridized carbons (Fsp3) is 0.909. The van der Waals surface area contributed by atoms with Gasteiger partial charge in [0.25, 0.3) is 0 Å². The highest BCUT2D eigenvalue weighted by atomic mass is 16.5. The van der Waals surface area contributed by atoms with E-state index in [0.29, 0.717) is 13.2 Å². The van der Waals surface area contributed by atoms with Crippen molar-refractivity contribution in [2.24, 2.45) is 11.8 Å². The van der Waals surface area contributed by atoms with Crippen LogP contribution in [0.25, 0.3) is 0 Å². The molecule has 1 fully saturated rings. The van der Waals surface area contributed by atoms with Crippen LogP contribution in [-0.2, 0) is 9.53 Å². The minimum atomic E-state index is -0.141. The lowest BCUT2D eigenvalue weighted by Gasteiger charge is -2.15. The van der Waals surface area contributed by atoms with Crippen LogP contribution in [0.2, 0.25) is 0 Å². The molecule has 1 saturated carbocycles. The number of carbonyl (C=O) groups is 1. The van der Waals surface area contributed by atoms with Crippen LogP contribution in [0.1, 0.15) is 33.1 Å². The Hall–Kier alpha value is -0.570. The third kappa shape index (κ3) is 3.66. The zero-order valence-corrected chi connectivity index (χ0v) is 9.21. The van der Waals surface area contributed by atoms with Gasteiger partial charge in [0.05, 0.1) is 13.2 Å². The molecule has 0 aromatic carbocycles. The normalized spacial score (nSPS) is 26.4. The van der Waals surface area contributed by atoms with Crippen LogP contribution in [0.15, 0.2) is 0 Å². The summed E-state index contributed by atoms with van der Waals surface area (Å²) in [5.74, 6) is 1.42. The van der Waals surface area contributed by atoms with Gasteiger partial charge in [-0.25, -0.2) is 0 Å². The second-order valence-electron chi connectivity index (χ2n) is 4.10. The summed E-state index contributed by atoms with van der Waals surface area (Å²) >= 11 is 0. The van der Waals surface area contributed by atoms with E-state index in [4.69, 9.17) is 4.74 Å². The second-order valence-corrected chi connectivity index (χ2v) is 4.10. The van der Waals surface area contributed by atoms with Gasteiger partial charge in [0.1, 0.15) is 0 Å². The van der Waals surface area contributed by atoms with Crippen molar-refractivity contribution in [3.8, 4) is 0 Å². The molecule has 0 heterocycles. The van der Waals surface area contributed by atoms with E-state index in [-0.39, 0.29) is 5.97 Å². The Kier molecular flexibility index (Phi) is 4.94. The molecule has 1 aliphatic rings. The third-order valence-corrected chi connectivity index (χ3v) is 3.02. The molecule has 1 aliphatic carbocycles. The summed E-state index contributed by atoms with van der Waals surface area (Å²) in [4.78, 5) is 11.0. The van der Waals surface area contributed by atoms with Gasteiger partial charge in [-0.05, 0) is 31.7 Å². The second kappa shape index (κ2) is 6.02. The van der Waals surface area contributed by atoms with Crippen molar-refractivity contribution in [3.63, 3.8) is 0 Å². The fourth-order valence-corrected chi connectivity index (χ4v) is 2.10. The van der Waals surface area contributed by atoms with Crippen molar-refractivity contribution < 1.29 is 9.53 Å². The van der Waals surface area contributed by atoms with Crippen molar-refractivity contribution in [2.75, 3.05) is 19.7 Å². The Morgan fingerprint density at radius 1 is 1.50 bits per heavy atom. The summed E-state index contributed by atoms with van der Waals surface area (Å²) in [6.07, 6.45) is 3.98. The summed E-state index contributed by atoms with van der Waals surface area (Å²) in [6.45, 7) is 5.91. The molecule has 82 valence electrons. The average Bonchev–Trinajstić information content (AvgIpc) is 2.52. The zero-order chi connectivity index (χ0) is 10.4. The minimum Gasteiger partial charge on any atom is -0.465 e. The molecule has 0 bridgehead atoms. The highest BCUT2D eigenvalue weighted by Crippen LogP contribution is 2.30. The summed E-state index contributed by atoms with van der Waals surface area (Å²) in [5.41, 5.74) is 0. The molecule has 0 aromatic heterocycles. The van der Waals surface area contributed by atoms with E-state index >= 15 is 0 Å². The lowest BCUT2D eigenvalue weighted by Crippen LogP contribution is -2.30. The maximum atomic E-state index is 11.0. The molecule has 3 heteroatoms.